The molecule has 5 rings (SSSR count). The van der Waals surface area contributed by atoms with E-state index in [1.807, 2.05) is 19.3 Å². The molecule has 1 fully saturated rings. The topological polar surface area (TPSA) is 69.7 Å². The van der Waals surface area contributed by atoms with Crippen molar-refractivity contribution in [1.82, 2.24) is 25.1 Å². The number of anilines is 2. The minimum Gasteiger partial charge on any atom is -0.316 e. The Hall–Kier alpha value is -2.77. The Bertz CT molecular complexity index is 1150. The quantitative estimate of drug-likeness (QED) is 0.483. The smallest absolute Gasteiger partial charge is 0.189 e. The van der Waals surface area contributed by atoms with Gasteiger partial charge in [0.1, 0.15) is 5.82 Å². The minimum absolute atomic E-state index is 0.664. The summed E-state index contributed by atoms with van der Waals surface area (Å²) >= 11 is 1.65. The molecule has 2 N–H and O–H groups in total. The molecule has 4 heterocycles. The molecule has 1 saturated heterocycles. The standard InChI is InChI=1S/C22H24N6S/c1-14-4-3-9-28(14)13-16-7-8-23-21(10-16)26-22-25-19-6-5-17(11-20(19)29-22)18-12-24-27-15(18)2/h5-8,10-12,14H,3-4,9,13H2,1-2H3,(H,24,27)(H,23,25,26)/t14-/m0/s1. The van der Waals surface area contributed by atoms with E-state index >= 15 is 0 Å². The third-order valence-corrected chi connectivity index (χ3v) is 6.60. The molecule has 4 aromatic rings. The Morgan fingerprint density at radius 3 is 3.00 bits per heavy atom. The number of H-pyrrole nitrogens is 1. The zero-order valence-electron chi connectivity index (χ0n) is 16.6. The molecule has 0 saturated carbocycles. The van der Waals surface area contributed by atoms with Crippen molar-refractivity contribution < 1.29 is 0 Å². The summed E-state index contributed by atoms with van der Waals surface area (Å²) in [6.45, 7) is 6.51. The monoisotopic (exact) mass is 404 g/mol. The summed E-state index contributed by atoms with van der Waals surface area (Å²) in [5, 5.41) is 11.4. The lowest BCUT2D eigenvalue weighted by atomic mass is 10.1. The molecule has 3 aromatic heterocycles. The number of hydrogen-bond acceptors (Lipinski definition) is 6. The molecule has 0 radical (unpaired) electrons. The first kappa shape index (κ1) is 18.3. The second-order valence-corrected chi connectivity index (χ2v) is 8.78. The first-order valence-electron chi connectivity index (χ1n) is 10.0. The van der Waals surface area contributed by atoms with Crippen molar-refractivity contribution in [2.24, 2.45) is 0 Å². The molecule has 0 aliphatic carbocycles. The number of benzene rings is 1. The predicted molar refractivity (Wildman–Crippen MR) is 119 cm³/mol. The molecule has 0 bridgehead atoms. The number of rotatable bonds is 5. The lowest BCUT2D eigenvalue weighted by Gasteiger charge is -2.21. The maximum Gasteiger partial charge on any atom is 0.189 e. The van der Waals surface area contributed by atoms with Gasteiger partial charge in [0.2, 0.25) is 0 Å². The number of aryl methyl sites for hydroxylation is 1. The van der Waals surface area contributed by atoms with E-state index in [-0.39, 0.29) is 0 Å². The van der Waals surface area contributed by atoms with E-state index in [1.165, 1.54) is 24.9 Å². The van der Waals surface area contributed by atoms with Gasteiger partial charge in [-0.15, -0.1) is 0 Å². The van der Waals surface area contributed by atoms with E-state index in [0.29, 0.717) is 6.04 Å². The fraction of sp³-hybridized carbons (Fsp3) is 0.318. The van der Waals surface area contributed by atoms with E-state index < -0.39 is 0 Å². The number of likely N-dealkylation sites (tertiary alicyclic amines) is 1. The van der Waals surface area contributed by atoms with Gasteiger partial charge in [0.25, 0.3) is 0 Å². The highest BCUT2D eigenvalue weighted by Gasteiger charge is 2.20. The Morgan fingerprint density at radius 1 is 1.28 bits per heavy atom. The van der Waals surface area contributed by atoms with Gasteiger partial charge in [-0.3, -0.25) is 10.00 Å². The van der Waals surface area contributed by atoms with Gasteiger partial charge in [0, 0.05) is 30.0 Å². The van der Waals surface area contributed by atoms with Crippen LogP contribution in [0.25, 0.3) is 21.3 Å². The highest BCUT2D eigenvalue weighted by atomic mass is 32.1. The molecule has 7 heteroatoms. The van der Waals surface area contributed by atoms with Crippen LogP contribution >= 0.6 is 11.3 Å². The second kappa shape index (κ2) is 7.57. The van der Waals surface area contributed by atoms with E-state index in [0.717, 1.165) is 44.5 Å². The van der Waals surface area contributed by atoms with Gasteiger partial charge in [0.15, 0.2) is 5.13 Å². The van der Waals surface area contributed by atoms with Crippen LogP contribution in [0.3, 0.4) is 0 Å². The van der Waals surface area contributed by atoms with Crippen molar-refractivity contribution in [3.8, 4) is 11.1 Å². The number of aromatic nitrogens is 4. The van der Waals surface area contributed by atoms with E-state index in [4.69, 9.17) is 4.98 Å². The van der Waals surface area contributed by atoms with Crippen LogP contribution in [-0.2, 0) is 6.54 Å². The number of nitrogens with zero attached hydrogens (tertiary/aromatic N) is 4. The molecule has 1 aromatic carbocycles. The average molecular weight is 405 g/mol. The second-order valence-electron chi connectivity index (χ2n) is 7.75. The van der Waals surface area contributed by atoms with Gasteiger partial charge in [0.05, 0.1) is 16.4 Å². The third kappa shape index (κ3) is 3.75. The molecule has 1 aliphatic rings. The fourth-order valence-corrected chi connectivity index (χ4v) is 4.91. The highest BCUT2D eigenvalue weighted by molar-refractivity contribution is 7.22. The molecule has 0 unspecified atom stereocenters. The van der Waals surface area contributed by atoms with Crippen molar-refractivity contribution >= 4 is 32.5 Å². The summed E-state index contributed by atoms with van der Waals surface area (Å²) in [6.07, 6.45) is 6.34. The van der Waals surface area contributed by atoms with Crippen molar-refractivity contribution in [3.63, 3.8) is 0 Å². The van der Waals surface area contributed by atoms with E-state index in [2.05, 4.69) is 62.7 Å². The van der Waals surface area contributed by atoms with Crippen molar-refractivity contribution in [2.45, 2.75) is 39.3 Å². The van der Waals surface area contributed by atoms with Crippen LogP contribution in [0, 0.1) is 6.92 Å². The van der Waals surface area contributed by atoms with Gasteiger partial charge in [-0.25, -0.2) is 9.97 Å². The largest absolute Gasteiger partial charge is 0.316 e. The van der Waals surface area contributed by atoms with Gasteiger partial charge in [-0.2, -0.15) is 5.10 Å². The van der Waals surface area contributed by atoms with Crippen molar-refractivity contribution in [2.75, 3.05) is 11.9 Å². The van der Waals surface area contributed by atoms with Crippen LogP contribution in [0.15, 0.2) is 42.7 Å². The number of hydrogen-bond donors (Lipinski definition) is 2. The number of thiazole rings is 1. The number of pyridine rings is 1. The summed E-state index contributed by atoms with van der Waals surface area (Å²) in [7, 11) is 0. The summed E-state index contributed by atoms with van der Waals surface area (Å²) < 4.78 is 1.15. The summed E-state index contributed by atoms with van der Waals surface area (Å²) in [5.41, 5.74) is 5.62. The maximum absolute atomic E-state index is 4.73. The Labute approximate surface area is 174 Å². The lowest BCUT2D eigenvalue weighted by Crippen LogP contribution is -2.26. The minimum atomic E-state index is 0.664. The number of aromatic amines is 1. The third-order valence-electron chi connectivity index (χ3n) is 5.66. The Kier molecular flexibility index (Phi) is 4.77. The first-order chi connectivity index (χ1) is 14.2. The zero-order valence-corrected chi connectivity index (χ0v) is 17.5. The van der Waals surface area contributed by atoms with Crippen LogP contribution in [0.1, 0.15) is 31.0 Å². The zero-order chi connectivity index (χ0) is 19.8. The van der Waals surface area contributed by atoms with Crippen molar-refractivity contribution in [3.05, 3.63) is 54.0 Å². The molecule has 6 nitrogen and oxygen atoms in total. The first-order valence-corrected chi connectivity index (χ1v) is 10.8. The van der Waals surface area contributed by atoms with Crippen LogP contribution in [0.5, 0.6) is 0 Å². The molecule has 1 aliphatic heterocycles. The van der Waals surface area contributed by atoms with Crippen LogP contribution in [0.2, 0.25) is 0 Å². The van der Waals surface area contributed by atoms with E-state index in [9.17, 15) is 0 Å². The SMILES string of the molecule is Cc1[nH]ncc1-c1ccc2nc(Nc3cc(CN4CCC[C@@H]4C)ccn3)sc2c1. The highest BCUT2D eigenvalue weighted by Crippen LogP contribution is 2.32. The van der Waals surface area contributed by atoms with Gasteiger partial charge in [-0.05, 0) is 68.6 Å². The average Bonchev–Trinajstić information content (AvgIpc) is 3.42. The number of fused-ring (bicyclic) bond motifs is 1. The molecule has 0 amide bonds. The van der Waals surface area contributed by atoms with Gasteiger partial charge >= 0.3 is 0 Å². The van der Waals surface area contributed by atoms with Crippen LogP contribution < -0.4 is 5.32 Å². The number of nitrogens with one attached hydrogen (secondary N) is 2. The van der Waals surface area contributed by atoms with Crippen molar-refractivity contribution in [1.29, 1.82) is 0 Å². The molecular formula is C22H24N6S. The van der Waals surface area contributed by atoms with E-state index in [1.54, 1.807) is 11.3 Å². The lowest BCUT2D eigenvalue weighted by molar-refractivity contribution is 0.260. The maximum atomic E-state index is 4.73. The summed E-state index contributed by atoms with van der Waals surface area (Å²) in [4.78, 5) is 11.8. The Morgan fingerprint density at radius 2 is 2.21 bits per heavy atom. The van der Waals surface area contributed by atoms with Gasteiger partial charge in [-0.1, -0.05) is 17.4 Å². The Balaban J connectivity index is 1.36. The van der Waals surface area contributed by atoms with Crippen LogP contribution in [-0.4, -0.2) is 37.7 Å². The normalized spacial score (nSPS) is 17.2. The molecule has 1 atom stereocenters. The van der Waals surface area contributed by atoms with Crippen LogP contribution in [0.4, 0.5) is 10.9 Å². The fourth-order valence-electron chi connectivity index (χ4n) is 4.00. The molecule has 29 heavy (non-hydrogen) atoms. The molecular weight excluding hydrogens is 380 g/mol. The summed E-state index contributed by atoms with van der Waals surface area (Å²) in [6, 6.07) is 11.2. The molecule has 0 spiro atoms. The van der Waals surface area contributed by atoms with Gasteiger partial charge < -0.3 is 5.32 Å². The summed E-state index contributed by atoms with van der Waals surface area (Å²) in [5.74, 6) is 0.847. The molecule has 148 valence electrons. The predicted octanol–water partition coefficient (Wildman–Crippen LogP) is 5.12.